The molecule has 1 N–H and O–H groups in total. The Bertz CT molecular complexity index is 747. The third-order valence-electron chi connectivity index (χ3n) is 5.19. The summed E-state index contributed by atoms with van der Waals surface area (Å²) in [5.41, 5.74) is 2.28. The lowest BCUT2D eigenvalue weighted by Gasteiger charge is -2.38. The lowest BCUT2D eigenvalue weighted by atomic mass is 10.1. The zero-order chi connectivity index (χ0) is 16.7. The summed E-state index contributed by atoms with van der Waals surface area (Å²) in [5.74, 6) is 1.12. The SMILES string of the molecule is Cc1ccc(C(=O)N2CCN([C@H]3Cc4ccccc4[C@@H]3O)CC2)o1. The number of aryl methyl sites for hydroxylation is 1. The highest BCUT2D eigenvalue weighted by atomic mass is 16.3. The number of carbonyl (C=O) groups excluding carboxylic acids is 1. The lowest BCUT2D eigenvalue weighted by molar-refractivity contribution is 0.0243. The molecule has 2 aromatic rings. The molecule has 5 nitrogen and oxygen atoms in total. The molecule has 4 rings (SSSR count). The van der Waals surface area contributed by atoms with Gasteiger partial charge in [0.05, 0.1) is 6.10 Å². The fourth-order valence-corrected chi connectivity index (χ4v) is 3.84. The van der Waals surface area contributed by atoms with Gasteiger partial charge in [-0.25, -0.2) is 0 Å². The number of aliphatic hydroxyl groups is 1. The second-order valence-electron chi connectivity index (χ2n) is 6.65. The number of furan rings is 1. The van der Waals surface area contributed by atoms with Crippen LogP contribution in [0.5, 0.6) is 0 Å². The van der Waals surface area contributed by atoms with Crippen LogP contribution < -0.4 is 0 Å². The van der Waals surface area contributed by atoms with Crippen molar-refractivity contribution < 1.29 is 14.3 Å². The van der Waals surface area contributed by atoms with Gasteiger partial charge in [0, 0.05) is 32.2 Å². The van der Waals surface area contributed by atoms with E-state index >= 15 is 0 Å². The lowest BCUT2D eigenvalue weighted by Crippen LogP contribution is -2.52. The molecule has 2 atom stereocenters. The van der Waals surface area contributed by atoms with Crippen molar-refractivity contribution in [1.82, 2.24) is 9.80 Å². The predicted octanol–water partition coefficient (Wildman–Crippen LogP) is 2.00. The van der Waals surface area contributed by atoms with E-state index < -0.39 is 6.10 Å². The van der Waals surface area contributed by atoms with Crippen molar-refractivity contribution in [3.63, 3.8) is 0 Å². The summed E-state index contributed by atoms with van der Waals surface area (Å²) in [6.45, 7) is 4.73. The van der Waals surface area contributed by atoms with E-state index in [4.69, 9.17) is 4.42 Å². The van der Waals surface area contributed by atoms with Gasteiger partial charge in [-0.1, -0.05) is 24.3 Å². The molecule has 2 heterocycles. The molecule has 126 valence electrons. The van der Waals surface area contributed by atoms with Gasteiger partial charge in [0.2, 0.25) is 0 Å². The monoisotopic (exact) mass is 326 g/mol. The van der Waals surface area contributed by atoms with Gasteiger partial charge < -0.3 is 14.4 Å². The first-order valence-corrected chi connectivity index (χ1v) is 8.49. The van der Waals surface area contributed by atoms with Crippen LogP contribution in [-0.2, 0) is 6.42 Å². The molecule has 1 fully saturated rings. The minimum atomic E-state index is -0.434. The fourth-order valence-electron chi connectivity index (χ4n) is 3.84. The van der Waals surface area contributed by atoms with Crippen LogP contribution in [0.25, 0.3) is 0 Å². The van der Waals surface area contributed by atoms with E-state index in [2.05, 4.69) is 11.0 Å². The van der Waals surface area contributed by atoms with Crippen LogP contribution in [0.3, 0.4) is 0 Å². The smallest absolute Gasteiger partial charge is 0.289 e. The summed E-state index contributed by atoms with van der Waals surface area (Å²) < 4.78 is 5.44. The van der Waals surface area contributed by atoms with E-state index in [-0.39, 0.29) is 11.9 Å². The molecule has 0 saturated carbocycles. The maximum atomic E-state index is 12.4. The number of hydrogen-bond donors (Lipinski definition) is 1. The Morgan fingerprint density at radius 1 is 1.12 bits per heavy atom. The van der Waals surface area contributed by atoms with Crippen LogP contribution in [0.4, 0.5) is 0 Å². The zero-order valence-electron chi connectivity index (χ0n) is 13.8. The molecular formula is C19H22N2O3. The third-order valence-corrected chi connectivity index (χ3v) is 5.19. The molecule has 1 amide bonds. The predicted molar refractivity (Wildman–Crippen MR) is 89.8 cm³/mol. The zero-order valence-corrected chi connectivity index (χ0v) is 13.8. The van der Waals surface area contributed by atoms with E-state index in [1.54, 1.807) is 6.07 Å². The minimum absolute atomic E-state index is 0.0435. The number of amides is 1. The van der Waals surface area contributed by atoms with Crippen molar-refractivity contribution in [2.45, 2.75) is 25.5 Å². The van der Waals surface area contributed by atoms with Gasteiger partial charge in [-0.15, -0.1) is 0 Å². The van der Waals surface area contributed by atoms with Gasteiger partial charge in [0.15, 0.2) is 5.76 Å². The Morgan fingerprint density at radius 3 is 2.54 bits per heavy atom. The van der Waals surface area contributed by atoms with Gasteiger partial charge in [-0.3, -0.25) is 9.69 Å². The molecule has 1 aromatic heterocycles. The Labute approximate surface area is 141 Å². The van der Waals surface area contributed by atoms with E-state index in [0.717, 1.165) is 30.8 Å². The van der Waals surface area contributed by atoms with E-state index in [0.29, 0.717) is 18.8 Å². The molecule has 1 aliphatic carbocycles. The molecular weight excluding hydrogens is 304 g/mol. The first-order chi connectivity index (χ1) is 11.6. The molecule has 1 aromatic carbocycles. The number of piperazine rings is 1. The largest absolute Gasteiger partial charge is 0.456 e. The molecule has 1 aliphatic heterocycles. The van der Waals surface area contributed by atoms with Crippen molar-refractivity contribution in [2.24, 2.45) is 0 Å². The Hall–Kier alpha value is -2.11. The summed E-state index contributed by atoms with van der Waals surface area (Å²) in [4.78, 5) is 16.6. The van der Waals surface area contributed by atoms with Gasteiger partial charge in [-0.2, -0.15) is 0 Å². The molecule has 24 heavy (non-hydrogen) atoms. The number of nitrogens with zero attached hydrogens (tertiary/aromatic N) is 2. The molecule has 0 radical (unpaired) electrons. The molecule has 1 saturated heterocycles. The maximum absolute atomic E-state index is 12.4. The summed E-state index contributed by atoms with van der Waals surface area (Å²) in [5, 5.41) is 10.6. The van der Waals surface area contributed by atoms with Crippen LogP contribution in [0.2, 0.25) is 0 Å². The first-order valence-electron chi connectivity index (χ1n) is 8.49. The van der Waals surface area contributed by atoms with E-state index in [1.807, 2.05) is 36.1 Å². The van der Waals surface area contributed by atoms with Crippen LogP contribution in [0, 0.1) is 6.92 Å². The molecule has 0 spiro atoms. The Morgan fingerprint density at radius 2 is 1.88 bits per heavy atom. The fraction of sp³-hybridized carbons (Fsp3) is 0.421. The highest BCUT2D eigenvalue weighted by Gasteiger charge is 2.36. The van der Waals surface area contributed by atoms with Crippen LogP contribution in [0.1, 0.15) is 33.5 Å². The minimum Gasteiger partial charge on any atom is -0.456 e. The number of carbonyl (C=O) groups is 1. The number of benzene rings is 1. The normalized spacial score (nSPS) is 24.2. The maximum Gasteiger partial charge on any atom is 0.289 e. The summed E-state index contributed by atoms with van der Waals surface area (Å²) in [7, 11) is 0. The highest BCUT2D eigenvalue weighted by Crippen LogP contribution is 2.34. The molecule has 5 heteroatoms. The van der Waals surface area contributed by atoms with Crippen molar-refractivity contribution >= 4 is 5.91 Å². The number of hydrogen-bond acceptors (Lipinski definition) is 4. The van der Waals surface area contributed by atoms with Crippen LogP contribution in [-0.4, -0.2) is 53.0 Å². The molecule has 0 unspecified atom stereocenters. The average molecular weight is 326 g/mol. The quantitative estimate of drug-likeness (QED) is 0.917. The van der Waals surface area contributed by atoms with Gasteiger partial charge in [0.25, 0.3) is 5.91 Å². The van der Waals surface area contributed by atoms with Gasteiger partial charge in [0.1, 0.15) is 5.76 Å². The summed E-state index contributed by atoms with van der Waals surface area (Å²) in [6, 6.07) is 11.8. The number of rotatable bonds is 2. The van der Waals surface area contributed by atoms with Gasteiger partial charge >= 0.3 is 0 Å². The highest BCUT2D eigenvalue weighted by molar-refractivity contribution is 5.91. The first kappa shape index (κ1) is 15.4. The third kappa shape index (κ3) is 2.64. The summed E-state index contributed by atoms with van der Waals surface area (Å²) in [6.07, 6.45) is 0.444. The molecule has 2 aliphatic rings. The second kappa shape index (κ2) is 6.07. The van der Waals surface area contributed by atoms with Crippen LogP contribution in [0.15, 0.2) is 40.8 Å². The van der Waals surface area contributed by atoms with Crippen molar-refractivity contribution in [2.75, 3.05) is 26.2 Å². The van der Waals surface area contributed by atoms with Crippen molar-refractivity contribution in [3.8, 4) is 0 Å². The average Bonchev–Trinajstić information content (AvgIpc) is 3.19. The number of aliphatic hydroxyl groups excluding tert-OH is 1. The Kier molecular flexibility index (Phi) is 3.90. The van der Waals surface area contributed by atoms with E-state index in [9.17, 15) is 9.90 Å². The molecule has 0 bridgehead atoms. The Balaban J connectivity index is 1.39. The van der Waals surface area contributed by atoms with Crippen molar-refractivity contribution in [1.29, 1.82) is 0 Å². The second-order valence-corrected chi connectivity index (χ2v) is 6.65. The van der Waals surface area contributed by atoms with Crippen LogP contribution >= 0.6 is 0 Å². The van der Waals surface area contributed by atoms with Gasteiger partial charge in [-0.05, 0) is 36.6 Å². The topological polar surface area (TPSA) is 56.9 Å². The number of fused-ring (bicyclic) bond motifs is 1. The van der Waals surface area contributed by atoms with Crippen molar-refractivity contribution in [3.05, 3.63) is 59.0 Å². The summed E-state index contributed by atoms with van der Waals surface area (Å²) >= 11 is 0. The van der Waals surface area contributed by atoms with E-state index in [1.165, 1.54) is 5.56 Å². The standard InChI is InChI=1S/C19H22N2O3/c1-13-6-7-17(24-13)19(23)21-10-8-20(9-11-21)16-12-14-4-2-3-5-15(14)18(16)22/h2-7,16,18,22H,8-12H2,1H3/t16-,18-/m0/s1.